The molecule has 0 aliphatic heterocycles. The molecule has 28 heavy (non-hydrogen) atoms. The zero-order valence-corrected chi connectivity index (χ0v) is 16.8. The van der Waals surface area contributed by atoms with Gasteiger partial charge in [0.25, 0.3) is 11.8 Å². The van der Waals surface area contributed by atoms with Crippen LogP contribution in [0.4, 0.5) is 10.1 Å². The number of hydrogen-bond donors (Lipinski definition) is 2. The van der Waals surface area contributed by atoms with Crippen LogP contribution in [0.15, 0.2) is 48.5 Å². The van der Waals surface area contributed by atoms with Crippen molar-refractivity contribution in [2.75, 3.05) is 18.4 Å². The number of halogens is 1. The fourth-order valence-corrected chi connectivity index (χ4v) is 2.88. The summed E-state index contributed by atoms with van der Waals surface area (Å²) in [6.07, 6.45) is 1.82. The zero-order chi connectivity index (χ0) is 20.5. The number of carbonyl (C=O) groups excluding carboxylic acids is 2. The van der Waals surface area contributed by atoms with Crippen molar-refractivity contribution >= 4 is 34.8 Å². The van der Waals surface area contributed by atoms with E-state index in [-0.39, 0.29) is 11.0 Å². The van der Waals surface area contributed by atoms with Crippen molar-refractivity contribution in [2.24, 2.45) is 0 Å². The topological polar surface area (TPSA) is 61.4 Å². The predicted molar refractivity (Wildman–Crippen MR) is 113 cm³/mol. The van der Waals surface area contributed by atoms with Crippen molar-refractivity contribution < 1.29 is 14.0 Å². The molecule has 5 nitrogen and oxygen atoms in total. The van der Waals surface area contributed by atoms with Crippen LogP contribution >= 0.6 is 12.2 Å². The number of rotatable bonds is 7. The second-order valence-corrected chi connectivity index (χ2v) is 6.69. The van der Waals surface area contributed by atoms with Gasteiger partial charge in [0, 0.05) is 29.9 Å². The van der Waals surface area contributed by atoms with Gasteiger partial charge in [0.15, 0.2) is 5.11 Å². The molecule has 0 bridgehead atoms. The van der Waals surface area contributed by atoms with E-state index in [1.807, 2.05) is 18.7 Å². The molecule has 2 amide bonds. The van der Waals surface area contributed by atoms with Crippen LogP contribution in [0.5, 0.6) is 0 Å². The van der Waals surface area contributed by atoms with Crippen LogP contribution in [0.2, 0.25) is 0 Å². The van der Waals surface area contributed by atoms with E-state index in [4.69, 9.17) is 12.2 Å². The quantitative estimate of drug-likeness (QED) is 0.682. The molecule has 7 heteroatoms. The van der Waals surface area contributed by atoms with Gasteiger partial charge in [-0.05, 0) is 73.6 Å². The van der Waals surface area contributed by atoms with Crippen LogP contribution in [0.25, 0.3) is 0 Å². The van der Waals surface area contributed by atoms with Gasteiger partial charge in [0.05, 0.1) is 0 Å². The molecule has 0 saturated heterocycles. The minimum absolute atomic E-state index is 0.00226. The summed E-state index contributed by atoms with van der Waals surface area (Å²) >= 11 is 5.14. The van der Waals surface area contributed by atoms with Crippen molar-refractivity contribution in [1.82, 2.24) is 10.2 Å². The smallest absolute Gasteiger partial charge is 0.257 e. The van der Waals surface area contributed by atoms with E-state index < -0.39 is 11.7 Å². The molecule has 0 spiro atoms. The molecule has 0 saturated carbocycles. The molecular weight excluding hydrogens is 377 g/mol. The van der Waals surface area contributed by atoms with Crippen molar-refractivity contribution in [2.45, 2.75) is 26.7 Å². The molecule has 0 atom stereocenters. The first-order valence-corrected chi connectivity index (χ1v) is 9.62. The Kier molecular flexibility index (Phi) is 8.07. The maximum Gasteiger partial charge on any atom is 0.257 e. The largest absolute Gasteiger partial charge is 0.339 e. The van der Waals surface area contributed by atoms with Crippen LogP contribution < -0.4 is 10.6 Å². The Morgan fingerprint density at radius 1 is 0.929 bits per heavy atom. The molecule has 0 fully saturated rings. The van der Waals surface area contributed by atoms with E-state index in [2.05, 4.69) is 10.6 Å². The third-order valence-corrected chi connectivity index (χ3v) is 4.20. The SMILES string of the molecule is CCCN(CCC)C(=O)c1ccc(NC(=S)NC(=O)c2ccc(F)cc2)cc1. The molecule has 0 aliphatic carbocycles. The van der Waals surface area contributed by atoms with Gasteiger partial charge in [-0.25, -0.2) is 4.39 Å². The number of carbonyl (C=O) groups is 2. The lowest BCUT2D eigenvalue weighted by atomic mass is 10.1. The maximum atomic E-state index is 12.9. The minimum atomic E-state index is -0.431. The average molecular weight is 402 g/mol. The van der Waals surface area contributed by atoms with Crippen LogP contribution in [0, 0.1) is 5.82 Å². The molecule has 148 valence electrons. The van der Waals surface area contributed by atoms with Crippen molar-refractivity contribution in [1.29, 1.82) is 0 Å². The number of thiocarbonyl (C=S) groups is 1. The van der Waals surface area contributed by atoms with Crippen LogP contribution in [-0.4, -0.2) is 34.9 Å². The van der Waals surface area contributed by atoms with E-state index in [1.165, 1.54) is 24.3 Å². The van der Waals surface area contributed by atoms with E-state index in [0.717, 1.165) is 25.9 Å². The molecule has 0 radical (unpaired) electrons. The highest BCUT2D eigenvalue weighted by Crippen LogP contribution is 2.13. The third-order valence-electron chi connectivity index (χ3n) is 4.00. The first-order valence-electron chi connectivity index (χ1n) is 9.21. The fraction of sp³-hybridized carbons (Fsp3) is 0.286. The average Bonchev–Trinajstić information content (AvgIpc) is 2.68. The second kappa shape index (κ2) is 10.5. The summed E-state index contributed by atoms with van der Waals surface area (Å²) in [5.41, 5.74) is 1.56. The number of anilines is 1. The van der Waals surface area contributed by atoms with Gasteiger partial charge in [-0.3, -0.25) is 14.9 Å². The van der Waals surface area contributed by atoms with E-state index in [1.54, 1.807) is 24.3 Å². The Morgan fingerprint density at radius 3 is 2.00 bits per heavy atom. The van der Waals surface area contributed by atoms with E-state index in [0.29, 0.717) is 16.8 Å². The summed E-state index contributed by atoms with van der Waals surface area (Å²) in [6.45, 7) is 5.55. The van der Waals surface area contributed by atoms with Crippen LogP contribution in [0.3, 0.4) is 0 Å². The summed E-state index contributed by atoms with van der Waals surface area (Å²) in [7, 11) is 0. The summed E-state index contributed by atoms with van der Waals surface area (Å²) in [5, 5.41) is 5.55. The Bertz CT molecular complexity index is 817. The lowest BCUT2D eigenvalue weighted by molar-refractivity contribution is 0.0755. The second-order valence-electron chi connectivity index (χ2n) is 6.28. The Hall–Kier alpha value is -2.80. The molecule has 0 aliphatic rings. The molecule has 2 aromatic carbocycles. The fourth-order valence-electron chi connectivity index (χ4n) is 2.67. The monoisotopic (exact) mass is 401 g/mol. The molecule has 0 heterocycles. The molecular formula is C21H24FN3O2S. The van der Waals surface area contributed by atoms with Gasteiger partial charge in [-0.15, -0.1) is 0 Å². The van der Waals surface area contributed by atoms with Gasteiger partial charge in [0.2, 0.25) is 0 Å². The van der Waals surface area contributed by atoms with Crippen LogP contribution in [-0.2, 0) is 0 Å². The molecule has 2 aromatic rings. The van der Waals surface area contributed by atoms with Gasteiger partial charge >= 0.3 is 0 Å². The van der Waals surface area contributed by atoms with E-state index >= 15 is 0 Å². The third kappa shape index (κ3) is 6.13. The Morgan fingerprint density at radius 2 is 1.46 bits per heavy atom. The van der Waals surface area contributed by atoms with Gasteiger partial charge < -0.3 is 10.2 Å². The lowest BCUT2D eigenvalue weighted by Gasteiger charge is -2.21. The highest BCUT2D eigenvalue weighted by atomic mass is 32.1. The van der Waals surface area contributed by atoms with E-state index in [9.17, 15) is 14.0 Å². The molecule has 0 unspecified atom stereocenters. The number of benzene rings is 2. The molecule has 2 N–H and O–H groups in total. The maximum absolute atomic E-state index is 12.9. The van der Waals surface area contributed by atoms with Crippen molar-refractivity contribution in [3.63, 3.8) is 0 Å². The highest BCUT2D eigenvalue weighted by molar-refractivity contribution is 7.80. The minimum Gasteiger partial charge on any atom is -0.339 e. The number of nitrogens with one attached hydrogen (secondary N) is 2. The number of amides is 2. The molecule has 0 aromatic heterocycles. The first kappa shape index (κ1) is 21.5. The summed E-state index contributed by atoms with van der Waals surface area (Å²) < 4.78 is 12.9. The Labute approximate surface area is 169 Å². The predicted octanol–water partition coefficient (Wildman–Crippen LogP) is 4.21. The summed E-state index contributed by atoms with van der Waals surface area (Å²) in [5.74, 6) is -0.843. The van der Waals surface area contributed by atoms with Crippen LogP contribution in [0.1, 0.15) is 47.4 Å². The highest BCUT2D eigenvalue weighted by Gasteiger charge is 2.14. The van der Waals surface area contributed by atoms with Gasteiger partial charge in [-0.2, -0.15) is 0 Å². The summed E-state index contributed by atoms with van der Waals surface area (Å²) in [4.78, 5) is 26.5. The van der Waals surface area contributed by atoms with Gasteiger partial charge in [-0.1, -0.05) is 13.8 Å². The normalized spacial score (nSPS) is 10.2. The first-order chi connectivity index (χ1) is 13.4. The Balaban J connectivity index is 1.95. The zero-order valence-electron chi connectivity index (χ0n) is 16.0. The lowest BCUT2D eigenvalue weighted by Crippen LogP contribution is -2.34. The number of nitrogens with zero attached hydrogens (tertiary/aromatic N) is 1. The van der Waals surface area contributed by atoms with Gasteiger partial charge in [0.1, 0.15) is 5.82 Å². The standard InChI is InChI=1S/C21H24FN3O2S/c1-3-13-25(14-4-2)20(27)16-7-11-18(12-8-16)23-21(28)24-19(26)15-5-9-17(22)10-6-15/h5-12H,3-4,13-14H2,1-2H3,(H2,23,24,26,28). The van der Waals surface area contributed by atoms with Crippen molar-refractivity contribution in [3.05, 3.63) is 65.5 Å². The van der Waals surface area contributed by atoms with Crippen molar-refractivity contribution in [3.8, 4) is 0 Å². The number of hydrogen-bond acceptors (Lipinski definition) is 3. The summed E-state index contributed by atoms with van der Waals surface area (Å²) in [6, 6.07) is 12.1. The molecule has 2 rings (SSSR count).